The van der Waals surface area contributed by atoms with E-state index in [-0.39, 0.29) is 0 Å². The Balaban J connectivity index is 2.35. The molecule has 4 heteroatoms. The minimum atomic E-state index is -1.05. The van der Waals surface area contributed by atoms with Crippen molar-refractivity contribution in [1.82, 2.24) is 4.98 Å². The van der Waals surface area contributed by atoms with E-state index in [2.05, 4.69) is 11.1 Å². The molecule has 2 aromatic carbocycles. The van der Waals surface area contributed by atoms with Crippen molar-refractivity contribution in [3.05, 3.63) is 77.9 Å². The van der Waals surface area contributed by atoms with Crippen molar-refractivity contribution in [3.8, 4) is 40.7 Å². The summed E-state index contributed by atoms with van der Waals surface area (Å²) in [5.74, 6) is -1.05. The number of nitriles is 3. The van der Waals surface area contributed by atoms with Crippen LogP contribution in [0.3, 0.4) is 0 Å². The molecule has 0 radical (unpaired) electrons. The molecule has 3 aromatic rings. The van der Waals surface area contributed by atoms with Crippen LogP contribution >= 0.6 is 0 Å². The lowest BCUT2D eigenvalue weighted by Crippen LogP contribution is -2.04. The fourth-order valence-electron chi connectivity index (χ4n) is 2.67. The second kappa shape index (κ2) is 7.09. The van der Waals surface area contributed by atoms with Crippen LogP contribution in [0.2, 0.25) is 0 Å². The second-order valence-electron chi connectivity index (χ2n) is 5.35. The van der Waals surface area contributed by atoms with Gasteiger partial charge in [0.2, 0.25) is 0 Å². The van der Waals surface area contributed by atoms with Gasteiger partial charge in [-0.15, -0.1) is 0 Å². The maximum absolute atomic E-state index is 9.60. The van der Waals surface area contributed by atoms with Gasteiger partial charge in [0.15, 0.2) is 5.92 Å². The van der Waals surface area contributed by atoms with Crippen LogP contribution in [0.25, 0.3) is 22.5 Å². The Kier molecular flexibility index (Phi) is 4.52. The number of hydrogen-bond donors (Lipinski definition) is 0. The first-order valence-electron chi connectivity index (χ1n) is 7.63. The van der Waals surface area contributed by atoms with E-state index in [1.54, 1.807) is 6.07 Å². The number of benzene rings is 2. The van der Waals surface area contributed by atoms with Crippen LogP contribution in [0.4, 0.5) is 0 Å². The first kappa shape index (κ1) is 15.9. The van der Waals surface area contributed by atoms with Gasteiger partial charge in [-0.2, -0.15) is 15.8 Å². The highest BCUT2D eigenvalue weighted by Gasteiger charge is 2.22. The molecule has 0 amide bonds. The Morgan fingerprint density at radius 2 is 1.32 bits per heavy atom. The summed E-state index contributed by atoms with van der Waals surface area (Å²) in [5.41, 5.74) is 3.41. The van der Waals surface area contributed by atoms with E-state index < -0.39 is 5.92 Å². The molecule has 4 nitrogen and oxygen atoms in total. The number of hydrogen-bond acceptors (Lipinski definition) is 4. The van der Waals surface area contributed by atoms with E-state index in [0.29, 0.717) is 22.5 Å². The summed E-state index contributed by atoms with van der Waals surface area (Å²) in [5, 5.41) is 28.3. The minimum absolute atomic E-state index is 0.292. The molecule has 0 saturated carbocycles. The summed E-state index contributed by atoms with van der Waals surface area (Å²) >= 11 is 0. The molecule has 0 atom stereocenters. The smallest absolute Gasteiger partial charge is 0.161 e. The SMILES string of the molecule is N#Cc1cc(-c2ccccc2)nc(-c2ccccc2)c1C(C#N)C#N. The minimum Gasteiger partial charge on any atom is -0.247 e. The first-order chi connectivity index (χ1) is 12.3. The zero-order valence-electron chi connectivity index (χ0n) is 13.2. The monoisotopic (exact) mass is 320 g/mol. The van der Waals surface area contributed by atoms with Crippen molar-refractivity contribution in [3.63, 3.8) is 0 Å². The average Bonchev–Trinajstić information content (AvgIpc) is 2.70. The van der Waals surface area contributed by atoms with Crippen LogP contribution in [0.5, 0.6) is 0 Å². The van der Waals surface area contributed by atoms with E-state index in [1.165, 1.54) is 0 Å². The van der Waals surface area contributed by atoms with Gasteiger partial charge in [-0.1, -0.05) is 60.7 Å². The maximum Gasteiger partial charge on any atom is 0.161 e. The fourth-order valence-corrected chi connectivity index (χ4v) is 2.67. The zero-order valence-corrected chi connectivity index (χ0v) is 13.2. The average molecular weight is 320 g/mol. The summed E-state index contributed by atoms with van der Waals surface area (Å²) in [7, 11) is 0. The molecule has 0 aliphatic rings. The van der Waals surface area contributed by atoms with Crippen LogP contribution in [0, 0.1) is 34.0 Å². The summed E-state index contributed by atoms with van der Waals surface area (Å²) < 4.78 is 0. The highest BCUT2D eigenvalue weighted by atomic mass is 14.7. The van der Waals surface area contributed by atoms with Crippen molar-refractivity contribution in [2.75, 3.05) is 0 Å². The Hall–Kier alpha value is -3.94. The molecule has 0 bridgehead atoms. The van der Waals surface area contributed by atoms with Gasteiger partial charge in [-0.25, -0.2) is 4.98 Å². The first-order valence-corrected chi connectivity index (χ1v) is 7.63. The lowest BCUT2D eigenvalue weighted by Gasteiger charge is -2.14. The van der Waals surface area contributed by atoms with Gasteiger partial charge < -0.3 is 0 Å². The second-order valence-corrected chi connectivity index (χ2v) is 5.35. The zero-order chi connectivity index (χ0) is 17.6. The number of pyridine rings is 1. The van der Waals surface area contributed by atoms with Crippen LogP contribution in [-0.2, 0) is 0 Å². The number of aromatic nitrogens is 1. The normalized spacial score (nSPS) is 9.84. The molecule has 0 saturated heterocycles. The summed E-state index contributed by atoms with van der Waals surface area (Å²) in [6.07, 6.45) is 0. The van der Waals surface area contributed by atoms with Crippen LogP contribution in [0.1, 0.15) is 17.0 Å². The molecular weight excluding hydrogens is 308 g/mol. The highest BCUT2D eigenvalue weighted by molar-refractivity contribution is 5.74. The van der Waals surface area contributed by atoms with E-state index >= 15 is 0 Å². The molecule has 0 unspecified atom stereocenters. The van der Waals surface area contributed by atoms with Gasteiger partial charge in [-0.05, 0) is 6.07 Å². The number of nitrogens with zero attached hydrogens (tertiary/aromatic N) is 4. The molecule has 1 heterocycles. The molecule has 0 fully saturated rings. The fraction of sp³-hybridized carbons (Fsp3) is 0.0476. The van der Waals surface area contributed by atoms with Crippen LogP contribution in [0.15, 0.2) is 66.7 Å². The van der Waals surface area contributed by atoms with Crippen molar-refractivity contribution < 1.29 is 0 Å². The van der Waals surface area contributed by atoms with Crippen LogP contribution in [-0.4, -0.2) is 4.98 Å². The van der Waals surface area contributed by atoms with E-state index in [4.69, 9.17) is 0 Å². The lowest BCUT2D eigenvalue weighted by atomic mass is 9.91. The molecule has 1 aromatic heterocycles. The largest absolute Gasteiger partial charge is 0.247 e. The highest BCUT2D eigenvalue weighted by Crippen LogP contribution is 2.33. The molecule has 116 valence electrons. The predicted octanol–water partition coefficient (Wildman–Crippen LogP) is 4.42. The van der Waals surface area contributed by atoms with Gasteiger partial charge in [0, 0.05) is 16.7 Å². The van der Waals surface area contributed by atoms with Crippen molar-refractivity contribution in [2.45, 2.75) is 5.92 Å². The third-order valence-corrected chi connectivity index (χ3v) is 3.84. The molecule has 25 heavy (non-hydrogen) atoms. The quantitative estimate of drug-likeness (QED) is 0.715. The van der Waals surface area contributed by atoms with E-state index in [1.807, 2.05) is 72.8 Å². The molecule has 0 spiro atoms. The predicted molar refractivity (Wildman–Crippen MR) is 93.8 cm³/mol. The Bertz CT molecular complexity index is 1010. The van der Waals surface area contributed by atoms with Gasteiger partial charge in [0.25, 0.3) is 0 Å². The van der Waals surface area contributed by atoms with Crippen LogP contribution < -0.4 is 0 Å². The van der Waals surface area contributed by atoms with Crippen molar-refractivity contribution >= 4 is 0 Å². The Morgan fingerprint density at radius 3 is 1.84 bits per heavy atom. The Morgan fingerprint density at radius 1 is 0.760 bits per heavy atom. The summed E-state index contributed by atoms with van der Waals surface area (Å²) in [6.45, 7) is 0. The van der Waals surface area contributed by atoms with Crippen molar-refractivity contribution in [1.29, 1.82) is 15.8 Å². The molecule has 0 N–H and O–H groups in total. The third kappa shape index (κ3) is 3.08. The van der Waals surface area contributed by atoms with E-state index in [0.717, 1.165) is 11.1 Å². The van der Waals surface area contributed by atoms with Gasteiger partial charge in [0.05, 0.1) is 35.2 Å². The van der Waals surface area contributed by atoms with Gasteiger partial charge in [0.1, 0.15) is 0 Å². The van der Waals surface area contributed by atoms with Gasteiger partial charge >= 0.3 is 0 Å². The maximum atomic E-state index is 9.60. The molecule has 3 rings (SSSR count). The Labute approximate surface area is 145 Å². The lowest BCUT2D eigenvalue weighted by molar-refractivity contribution is 1.07. The topological polar surface area (TPSA) is 84.3 Å². The number of rotatable bonds is 3. The summed E-state index contributed by atoms with van der Waals surface area (Å²) in [6, 6.07) is 26.5. The molecule has 0 aliphatic heterocycles. The third-order valence-electron chi connectivity index (χ3n) is 3.84. The van der Waals surface area contributed by atoms with Crippen molar-refractivity contribution in [2.24, 2.45) is 0 Å². The molecular formula is C21H12N4. The molecule has 0 aliphatic carbocycles. The van der Waals surface area contributed by atoms with Gasteiger partial charge in [-0.3, -0.25) is 0 Å². The van der Waals surface area contributed by atoms with E-state index in [9.17, 15) is 15.8 Å². The summed E-state index contributed by atoms with van der Waals surface area (Å²) in [4.78, 5) is 4.69. The standard InChI is InChI=1S/C21H12N4/c22-12-17-11-19(15-7-3-1-4-8-15)25-21(16-9-5-2-6-10-16)20(17)18(13-23)14-24/h1-11,18H.